The highest BCUT2D eigenvalue weighted by Gasteiger charge is 2.22. The van der Waals surface area contributed by atoms with Crippen LogP contribution in [-0.2, 0) is 11.3 Å². The maximum absolute atomic E-state index is 6.15. The fraction of sp³-hybridized carbons (Fsp3) is 0.696. The number of hydrogen-bond acceptors (Lipinski definition) is 4. The molecule has 1 N–H and O–H groups in total. The van der Waals surface area contributed by atoms with Crippen LogP contribution >= 0.6 is 0 Å². The zero-order chi connectivity index (χ0) is 20.5. The summed E-state index contributed by atoms with van der Waals surface area (Å²) < 4.78 is 17.5. The summed E-state index contributed by atoms with van der Waals surface area (Å²) in [5.74, 6) is 2.62. The Morgan fingerprint density at radius 1 is 1.07 bits per heavy atom. The number of methoxy groups -OCH3 is 1. The van der Waals surface area contributed by atoms with Crippen LogP contribution in [0.2, 0.25) is 0 Å². The van der Waals surface area contributed by atoms with Crippen LogP contribution in [0.5, 0.6) is 11.5 Å². The first-order valence-electron chi connectivity index (χ1n) is 11.2. The minimum Gasteiger partial charge on any atom is -0.493 e. The SMILES string of the molecule is CCNC(=NCc1ccc(OC2CCCC2)c(OC)c1)N1CCC(OCC)CC1. The topological polar surface area (TPSA) is 55.3 Å². The Balaban J connectivity index is 1.62. The van der Waals surface area contributed by atoms with Gasteiger partial charge < -0.3 is 24.4 Å². The molecule has 1 heterocycles. The second-order valence-corrected chi connectivity index (χ2v) is 7.82. The highest BCUT2D eigenvalue weighted by Crippen LogP contribution is 2.32. The van der Waals surface area contributed by atoms with Crippen molar-refractivity contribution < 1.29 is 14.2 Å². The van der Waals surface area contributed by atoms with Crippen molar-refractivity contribution in [2.75, 3.05) is 33.4 Å². The minimum absolute atomic E-state index is 0.327. The van der Waals surface area contributed by atoms with E-state index in [9.17, 15) is 0 Å². The van der Waals surface area contributed by atoms with E-state index in [1.165, 1.54) is 12.8 Å². The third-order valence-corrected chi connectivity index (χ3v) is 5.71. The summed E-state index contributed by atoms with van der Waals surface area (Å²) in [5, 5.41) is 3.44. The molecule has 6 nitrogen and oxygen atoms in total. The van der Waals surface area contributed by atoms with Crippen LogP contribution in [0.15, 0.2) is 23.2 Å². The van der Waals surface area contributed by atoms with E-state index in [1.54, 1.807) is 7.11 Å². The van der Waals surface area contributed by atoms with E-state index in [0.717, 1.165) is 74.9 Å². The van der Waals surface area contributed by atoms with Gasteiger partial charge in [-0.1, -0.05) is 6.07 Å². The molecule has 0 radical (unpaired) electrons. The van der Waals surface area contributed by atoms with Gasteiger partial charge in [0, 0.05) is 26.2 Å². The van der Waals surface area contributed by atoms with E-state index in [1.807, 2.05) is 6.07 Å². The average Bonchev–Trinajstić information content (AvgIpc) is 3.26. The molecule has 3 rings (SSSR count). The first-order chi connectivity index (χ1) is 14.2. The van der Waals surface area contributed by atoms with Crippen LogP contribution in [0.25, 0.3) is 0 Å². The van der Waals surface area contributed by atoms with Crippen molar-refractivity contribution in [3.63, 3.8) is 0 Å². The predicted octanol–water partition coefficient (Wildman–Crippen LogP) is 3.98. The minimum atomic E-state index is 0.327. The smallest absolute Gasteiger partial charge is 0.194 e. The summed E-state index contributed by atoms with van der Waals surface area (Å²) in [7, 11) is 1.70. The number of nitrogens with one attached hydrogen (secondary N) is 1. The Labute approximate surface area is 175 Å². The zero-order valence-electron chi connectivity index (χ0n) is 18.3. The molecule has 0 unspecified atom stereocenters. The summed E-state index contributed by atoms with van der Waals surface area (Å²) in [6.45, 7) is 8.41. The Morgan fingerprint density at radius 3 is 2.48 bits per heavy atom. The number of rotatable bonds is 8. The lowest BCUT2D eigenvalue weighted by atomic mass is 10.1. The predicted molar refractivity (Wildman–Crippen MR) is 117 cm³/mol. The molecule has 1 saturated heterocycles. The first-order valence-corrected chi connectivity index (χ1v) is 11.2. The molecule has 0 amide bonds. The van der Waals surface area contributed by atoms with Gasteiger partial charge in [-0.05, 0) is 70.1 Å². The molecule has 1 aromatic carbocycles. The van der Waals surface area contributed by atoms with Gasteiger partial charge in [-0.2, -0.15) is 0 Å². The van der Waals surface area contributed by atoms with Crippen molar-refractivity contribution in [1.82, 2.24) is 10.2 Å². The Bertz CT molecular complexity index is 651. The molecule has 0 aromatic heterocycles. The largest absolute Gasteiger partial charge is 0.493 e. The summed E-state index contributed by atoms with van der Waals surface area (Å²) in [6.07, 6.45) is 7.62. The van der Waals surface area contributed by atoms with Crippen molar-refractivity contribution in [1.29, 1.82) is 0 Å². The monoisotopic (exact) mass is 403 g/mol. The Hall–Kier alpha value is -1.95. The summed E-state index contributed by atoms with van der Waals surface area (Å²) in [6, 6.07) is 6.18. The number of likely N-dealkylation sites (tertiary alicyclic amines) is 1. The van der Waals surface area contributed by atoms with Gasteiger partial charge in [0.15, 0.2) is 17.5 Å². The highest BCUT2D eigenvalue weighted by atomic mass is 16.5. The number of piperidine rings is 1. The lowest BCUT2D eigenvalue weighted by Gasteiger charge is -2.34. The second kappa shape index (κ2) is 11.3. The van der Waals surface area contributed by atoms with E-state index in [4.69, 9.17) is 19.2 Å². The van der Waals surface area contributed by atoms with Crippen LogP contribution in [-0.4, -0.2) is 56.4 Å². The fourth-order valence-electron chi connectivity index (χ4n) is 4.16. The normalized spacial score (nSPS) is 18.9. The molecule has 6 heteroatoms. The van der Waals surface area contributed by atoms with Crippen LogP contribution in [0.1, 0.15) is 57.9 Å². The summed E-state index contributed by atoms with van der Waals surface area (Å²) in [5.41, 5.74) is 1.13. The van der Waals surface area contributed by atoms with Crippen LogP contribution in [0, 0.1) is 0 Å². The first kappa shape index (κ1) is 21.8. The molecule has 1 aliphatic carbocycles. The van der Waals surface area contributed by atoms with Crippen molar-refractivity contribution in [2.24, 2.45) is 4.99 Å². The van der Waals surface area contributed by atoms with Gasteiger partial charge in [0.05, 0.1) is 25.9 Å². The highest BCUT2D eigenvalue weighted by molar-refractivity contribution is 5.80. The number of guanidine groups is 1. The standard InChI is InChI=1S/C23H37N3O3/c1-4-24-23(26-14-12-19(13-15-26)28-5-2)25-17-18-10-11-21(22(16-18)27-3)29-20-8-6-7-9-20/h10-11,16,19-20H,4-9,12-15,17H2,1-3H3,(H,24,25). The molecule has 162 valence electrons. The molecule has 2 fully saturated rings. The van der Waals surface area contributed by atoms with Gasteiger partial charge in [-0.25, -0.2) is 4.99 Å². The molecule has 0 bridgehead atoms. The lowest BCUT2D eigenvalue weighted by molar-refractivity contribution is 0.0263. The number of ether oxygens (including phenoxy) is 3. The van der Waals surface area contributed by atoms with Gasteiger partial charge in [-0.3, -0.25) is 0 Å². The van der Waals surface area contributed by atoms with Gasteiger partial charge in [0.25, 0.3) is 0 Å². The number of nitrogens with zero attached hydrogens (tertiary/aromatic N) is 2. The number of hydrogen-bond donors (Lipinski definition) is 1. The van der Waals surface area contributed by atoms with Crippen molar-refractivity contribution in [3.05, 3.63) is 23.8 Å². The molecule has 2 aliphatic rings. The maximum atomic E-state index is 6.15. The second-order valence-electron chi connectivity index (χ2n) is 7.82. The summed E-state index contributed by atoms with van der Waals surface area (Å²) in [4.78, 5) is 7.22. The zero-order valence-corrected chi connectivity index (χ0v) is 18.3. The lowest BCUT2D eigenvalue weighted by Crippen LogP contribution is -2.47. The van der Waals surface area contributed by atoms with Crippen LogP contribution in [0.3, 0.4) is 0 Å². The number of benzene rings is 1. The van der Waals surface area contributed by atoms with Crippen LogP contribution in [0.4, 0.5) is 0 Å². The van der Waals surface area contributed by atoms with Crippen LogP contribution < -0.4 is 14.8 Å². The van der Waals surface area contributed by atoms with Gasteiger partial charge in [0.2, 0.25) is 0 Å². The third-order valence-electron chi connectivity index (χ3n) is 5.71. The fourth-order valence-corrected chi connectivity index (χ4v) is 4.16. The van der Waals surface area contributed by atoms with E-state index in [2.05, 4.69) is 36.2 Å². The van der Waals surface area contributed by atoms with Crippen molar-refractivity contribution in [2.45, 2.75) is 71.1 Å². The Morgan fingerprint density at radius 2 is 1.83 bits per heavy atom. The summed E-state index contributed by atoms with van der Waals surface area (Å²) >= 11 is 0. The van der Waals surface area contributed by atoms with E-state index >= 15 is 0 Å². The van der Waals surface area contributed by atoms with E-state index in [0.29, 0.717) is 18.8 Å². The Kier molecular flexibility index (Phi) is 8.47. The molecule has 29 heavy (non-hydrogen) atoms. The van der Waals surface area contributed by atoms with Crippen molar-refractivity contribution in [3.8, 4) is 11.5 Å². The molecule has 1 aliphatic heterocycles. The van der Waals surface area contributed by atoms with Crippen molar-refractivity contribution >= 4 is 5.96 Å². The van der Waals surface area contributed by atoms with Gasteiger partial charge in [0.1, 0.15) is 0 Å². The molecule has 0 spiro atoms. The molecule has 0 atom stereocenters. The van der Waals surface area contributed by atoms with E-state index in [-0.39, 0.29) is 0 Å². The molecule has 1 aromatic rings. The molecule has 1 saturated carbocycles. The number of aliphatic imine (C=N–C) groups is 1. The third kappa shape index (κ3) is 6.26. The van der Waals surface area contributed by atoms with Gasteiger partial charge in [-0.15, -0.1) is 0 Å². The molecular formula is C23H37N3O3. The van der Waals surface area contributed by atoms with E-state index < -0.39 is 0 Å². The average molecular weight is 404 g/mol. The maximum Gasteiger partial charge on any atom is 0.194 e. The van der Waals surface area contributed by atoms with Gasteiger partial charge >= 0.3 is 0 Å². The molecular weight excluding hydrogens is 366 g/mol. The quantitative estimate of drug-likeness (QED) is 0.526.